The zero-order chi connectivity index (χ0) is 11.6. The summed E-state index contributed by atoms with van der Waals surface area (Å²) in [7, 11) is 1.22. The van der Waals surface area contributed by atoms with E-state index in [9.17, 15) is 9.59 Å². The van der Waals surface area contributed by atoms with Crippen LogP contribution in [0.3, 0.4) is 0 Å². The smallest absolute Gasteiger partial charge is 0.437 e. The lowest BCUT2D eigenvalue weighted by molar-refractivity contribution is -0.121. The van der Waals surface area contributed by atoms with E-state index in [1.165, 1.54) is 7.11 Å². The van der Waals surface area contributed by atoms with Gasteiger partial charge in [-0.05, 0) is 24.3 Å². The maximum Gasteiger partial charge on any atom is 0.513 e. The lowest BCUT2D eigenvalue weighted by Gasteiger charge is -2.29. The standard InChI is InChI=1S/C11H16O4/c1-7-5-11(2,3)6-8(12)9(7)15-10(13)14-4/h5-6H2,1-4H3. The van der Waals surface area contributed by atoms with E-state index in [0.717, 1.165) is 12.0 Å². The molecule has 0 saturated carbocycles. The summed E-state index contributed by atoms with van der Waals surface area (Å²) in [4.78, 5) is 22.6. The van der Waals surface area contributed by atoms with Crippen LogP contribution in [-0.4, -0.2) is 19.0 Å². The van der Waals surface area contributed by atoms with Crippen LogP contribution >= 0.6 is 0 Å². The predicted octanol–water partition coefficient (Wildman–Crippen LogP) is 2.43. The monoisotopic (exact) mass is 212 g/mol. The molecule has 0 spiro atoms. The first-order chi connectivity index (χ1) is 6.85. The van der Waals surface area contributed by atoms with Crippen molar-refractivity contribution in [2.24, 2.45) is 5.41 Å². The summed E-state index contributed by atoms with van der Waals surface area (Å²) in [5.41, 5.74) is 0.756. The summed E-state index contributed by atoms with van der Waals surface area (Å²) in [5.74, 6) is 0.0234. The summed E-state index contributed by atoms with van der Waals surface area (Å²) < 4.78 is 9.18. The molecule has 0 heterocycles. The number of ether oxygens (including phenoxy) is 2. The SMILES string of the molecule is COC(=O)OC1=C(C)CC(C)(C)CC1=O. The molecule has 4 heteroatoms. The van der Waals surface area contributed by atoms with Crippen LogP contribution in [-0.2, 0) is 14.3 Å². The fourth-order valence-electron chi connectivity index (χ4n) is 1.88. The Labute approximate surface area is 89.2 Å². The molecule has 0 aromatic carbocycles. The van der Waals surface area contributed by atoms with Gasteiger partial charge in [-0.1, -0.05) is 13.8 Å². The molecule has 0 radical (unpaired) electrons. The number of carbonyl (C=O) groups is 2. The van der Waals surface area contributed by atoms with Gasteiger partial charge < -0.3 is 9.47 Å². The van der Waals surface area contributed by atoms with E-state index in [0.29, 0.717) is 6.42 Å². The number of hydrogen-bond donors (Lipinski definition) is 0. The molecule has 1 rings (SSSR count). The van der Waals surface area contributed by atoms with Gasteiger partial charge in [-0.15, -0.1) is 0 Å². The third kappa shape index (κ3) is 2.81. The molecule has 0 aromatic rings. The highest BCUT2D eigenvalue weighted by molar-refractivity contribution is 5.97. The fourth-order valence-corrected chi connectivity index (χ4v) is 1.88. The van der Waals surface area contributed by atoms with Gasteiger partial charge in [-0.2, -0.15) is 0 Å². The van der Waals surface area contributed by atoms with Crippen molar-refractivity contribution >= 4 is 11.9 Å². The van der Waals surface area contributed by atoms with Crippen LogP contribution in [0.25, 0.3) is 0 Å². The summed E-state index contributed by atoms with van der Waals surface area (Å²) in [6, 6.07) is 0. The van der Waals surface area contributed by atoms with Crippen LogP contribution in [0, 0.1) is 5.41 Å². The van der Waals surface area contributed by atoms with Crippen LogP contribution in [0.2, 0.25) is 0 Å². The minimum Gasteiger partial charge on any atom is -0.437 e. The number of Topliss-reactive ketones (excluding diaryl/α,β-unsaturated/α-hetero) is 1. The molecule has 4 nitrogen and oxygen atoms in total. The second kappa shape index (κ2) is 4.04. The van der Waals surface area contributed by atoms with Gasteiger partial charge in [0.1, 0.15) is 0 Å². The first-order valence-corrected chi connectivity index (χ1v) is 4.84. The molecular formula is C11H16O4. The number of hydrogen-bond acceptors (Lipinski definition) is 4. The topological polar surface area (TPSA) is 52.6 Å². The number of ketones is 1. The summed E-state index contributed by atoms with van der Waals surface area (Å²) >= 11 is 0. The Bertz CT molecular complexity index is 325. The van der Waals surface area contributed by atoms with Crippen molar-refractivity contribution in [3.05, 3.63) is 11.3 Å². The molecule has 0 unspecified atom stereocenters. The van der Waals surface area contributed by atoms with E-state index in [1.807, 2.05) is 13.8 Å². The van der Waals surface area contributed by atoms with Gasteiger partial charge >= 0.3 is 6.16 Å². The Morgan fingerprint density at radius 1 is 1.33 bits per heavy atom. The average Bonchev–Trinajstić information content (AvgIpc) is 2.09. The van der Waals surface area contributed by atoms with Crippen molar-refractivity contribution in [1.29, 1.82) is 0 Å². The van der Waals surface area contributed by atoms with Crippen molar-refractivity contribution in [3.63, 3.8) is 0 Å². The van der Waals surface area contributed by atoms with Gasteiger partial charge in [-0.25, -0.2) is 4.79 Å². The van der Waals surface area contributed by atoms with E-state index < -0.39 is 6.16 Å². The normalized spacial score (nSPS) is 20.1. The molecule has 84 valence electrons. The second-order valence-electron chi connectivity index (χ2n) is 4.61. The molecule has 0 aromatic heterocycles. The van der Waals surface area contributed by atoms with E-state index in [2.05, 4.69) is 4.74 Å². The highest BCUT2D eigenvalue weighted by atomic mass is 16.7. The highest BCUT2D eigenvalue weighted by Gasteiger charge is 2.33. The largest absolute Gasteiger partial charge is 0.513 e. The second-order valence-corrected chi connectivity index (χ2v) is 4.61. The maximum absolute atomic E-state index is 11.7. The van der Waals surface area contributed by atoms with Crippen LogP contribution in [0.5, 0.6) is 0 Å². The molecular weight excluding hydrogens is 196 g/mol. The molecule has 0 atom stereocenters. The van der Waals surface area contributed by atoms with E-state index in [1.54, 1.807) is 6.92 Å². The van der Waals surface area contributed by atoms with Gasteiger partial charge in [0.15, 0.2) is 11.5 Å². The van der Waals surface area contributed by atoms with Crippen LogP contribution in [0.4, 0.5) is 4.79 Å². The molecule has 0 fully saturated rings. The summed E-state index contributed by atoms with van der Waals surface area (Å²) in [5, 5.41) is 0. The zero-order valence-corrected chi connectivity index (χ0v) is 9.55. The fraction of sp³-hybridized carbons (Fsp3) is 0.636. The quantitative estimate of drug-likeness (QED) is 0.626. The lowest BCUT2D eigenvalue weighted by atomic mass is 9.76. The van der Waals surface area contributed by atoms with Crippen LogP contribution in [0.1, 0.15) is 33.6 Å². The lowest BCUT2D eigenvalue weighted by Crippen LogP contribution is -2.27. The summed E-state index contributed by atoms with van der Waals surface area (Å²) in [6.07, 6.45) is 0.319. The zero-order valence-electron chi connectivity index (χ0n) is 9.55. The van der Waals surface area contributed by atoms with Crippen molar-refractivity contribution in [1.82, 2.24) is 0 Å². The molecule has 1 aliphatic carbocycles. The number of carbonyl (C=O) groups excluding carboxylic acids is 2. The Hall–Kier alpha value is -1.32. The van der Waals surface area contributed by atoms with Crippen molar-refractivity contribution in [2.75, 3.05) is 7.11 Å². The summed E-state index contributed by atoms with van der Waals surface area (Å²) in [6.45, 7) is 5.84. The van der Waals surface area contributed by atoms with Gasteiger partial charge in [0.25, 0.3) is 0 Å². The van der Waals surface area contributed by atoms with Crippen molar-refractivity contribution in [3.8, 4) is 0 Å². The third-order valence-corrected chi connectivity index (χ3v) is 2.38. The third-order valence-electron chi connectivity index (χ3n) is 2.38. The predicted molar refractivity (Wildman–Crippen MR) is 54.2 cm³/mol. The molecule has 0 amide bonds. The number of allylic oxidation sites excluding steroid dienone is 2. The minimum absolute atomic E-state index is 0.0514. The molecule has 1 aliphatic rings. The Morgan fingerprint density at radius 3 is 2.40 bits per heavy atom. The van der Waals surface area contributed by atoms with E-state index in [-0.39, 0.29) is 17.0 Å². The van der Waals surface area contributed by atoms with E-state index >= 15 is 0 Å². The average molecular weight is 212 g/mol. The van der Waals surface area contributed by atoms with Crippen LogP contribution < -0.4 is 0 Å². The Kier molecular flexibility index (Phi) is 3.17. The van der Waals surface area contributed by atoms with Gasteiger partial charge in [0.05, 0.1) is 7.11 Å². The number of methoxy groups -OCH3 is 1. The highest BCUT2D eigenvalue weighted by Crippen LogP contribution is 2.36. The Balaban J connectivity index is 2.87. The minimum atomic E-state index is -0.836. The van der Waals surface area contributed by atoms with Gasteiger partial charge in [0.2, 0.25) is 0 Å². The number of rotatable bonds is 1. The van der Waals surface area contributed by atoms with Crippen LogP contribution in [0.15, 0.2) is 11.3 Å². The van der Waals surface area contributed by atoms with E-state index in [4.69, 9.17) is 4.74 Å². The van der Waals surface area contributed by atoms with Crippen molar-refractivity contribution in [2.45, 2.75) is 33.6 Å². The molecule has 15 heavy (non-hydrogen) atoms. The first-order valence-electron chi connectivity index (χ1n) is 4.84. The molecule has 0 aliphatic heterocycles. The molecule has 0 N–H and O–H groups in total. The molecule has 0 bridgehead atoms. The Morgan fingerprint density at radius 2 is 1.93 bits per heavy atom. The van der Waals surface area contributed by atoms with Gasteiger partial charge in [0, 0.05) is 6.42 Å². The molecule has 0 saturated heterocycles. The first kappa shape index (κ1) is 11.8. The van der Waals surface area contributed by atoms with Gasteiger partial charge in [-0.3, -0.25) is 4.79 Å². The van der Waals surface area contributed by atoms with Crippen molar-refractivity contribution < 1.29 is 19.1 Å². The maximum atomic E-state index is 11.7.